The Morgan fingerprint density at radius 2 is 1.32 bits per heavy atom. The number of hydrogen-bond donors (Lipinski definition) is 14. The Hall–Kier alpha value is -4.01. The number of allylic oxidation sites excluding steroid dienone is 12. The molecular weight excluding hydrogens is 953 g/mol. The van der Waals surface area contributed by atoms with E-state index in [2.05, 4.69) is 16.0 Å². The molecule has 0 unspecified atom stereocenters. The van der Waals surface area contributed by atoms with Crippen LogP contribution < -0.4 is 21.7 Å². The van der Waals surface area contributed by atoms with Gasteiger partial charge in [-0.05, 0) is 40.2 Å². The summed E-state index contributed by atoms with van der Waals surface area (Å²) in [6.07, 6.45) is 3.47. The molecule has 2 saturated heterocycles. The number of likely N-dealkylation sites (N-methyl/N-ethyl adjacent to an activating group) is 1. The summed E-state index contributed by atoms with van der Waals surface area (Å²) in [5, 5.41) is 119. The summed E-state index contributed by atoms with van der Waals surface area (Å²) in [4.78, 5) is 38.9. The fourth-order valence-electron chi connectivity index (χ4n) is 8.84. The van der Waals surface area contributed by atoms with E-state index >= 15 is 0 Å². The smallest absolute Gasteiger partial charge is 0.308 e. The minimum atomic E-state index is -2.31. The predicted octanol–water partition coefficient (Wildman–Crippen LogP) is -0.921. The zero-order valence-corrected chi connectivity index (χ0v) is 42.7. The summed E-state index contributed by atoms with van der Waals surface area (Å²) in [6, 6.07) is -1.22. The molecule has 3 aliphatic rings. The Balaban J connectivity index is 1.96. The molecule has 3 aliphatic heterocycles. The van der Waals surface area contributed by atoms with Crippen LogP contribution in [0.15, 0.2) is 85.1 Å². The van der Waals surface area contributed by atoms with Gasteiger partial charge in [-0.3, -0.25) is 14.4 Å². The minimum Gasteiger partial charge on any atom is -0.462 e. The molecule has 0 aromatic heterocycles. The fraction of sp³-hybridized carbons (Fsp3) is 0.673. The number of aliphatic hydroxyl groups excluding tert-OH is 9. The Morgan fingerprint density at radius 3 is 1.92 bits per heavy atom. The van der Waals surface area contributed by atoms with Crippen molar-refractivity contribution in [1.29, 1.82) is 0 Å². The highest BCUT2D eigenvalue weighted by Crippen LogP contribution is 2.38. The van der Waals surface area contributed by atoms with Crippen LogP contribution in [0.2, 0.25) is 0 Å². The number of amides is 2. The highest BCUT2D eigenvalue weighted by molar-refractivity contribution is 5.80. The molecule has 73 heavy (non-hydrogen) atoms. The highest BCUT2D eigenvalue weighted by atomic mass is 16.7. The van der Waals surface area contributed by atoms with Crippen molar-refractivity contribution in [1.82, 2.24) is 16.0 Å². The summed E-state index contributed by atoms with van der Waals surface area (Å²) >= 11 is 0. The van der Waals surface area contributed by atoms with Gasteiger partial charge in [0.2, 0.25) is 11.8 Å². The Bertz CT molecular complexity index is 1880. The number of hydrogen-bond acceptors (Lipinski definition) is 19. The number of ether oxygens (including phenoxy) is 4. The van der Waals surface area contributed by atoms with Crippen LogP contribution in [0, 0.1) is 17.8 Å². The first-order chi connectivity index (χ1) is 34.6. The number of cyclic esters (lactones) is 1. The summed E-state index contributed by atoms with van der Waals surface area (Å²) in [7, 11) is 1.55. The van der Waals surface area contributed by atoms with Crippen LogP contribution in [-0.2, 0) is 33.3 Å². The lowest BCUT2D eigenvalue weighted by Crippen LogP contribution is -2.64. The zero-order chi connectivity index (χ0) is 54.3. The van der Waals surface area contributed by atoms with Crippen LogP contribution in [-0.4, -0.2) is 193 Å². The van der Waals surface area contributed by atoms with Gasteiger partial charge in [0, 0.05) is 50.6 Å². The van der Waals surface area contributed by atoms with E-state index in [-0.39, 0.29) is 51.2 Å². The van der Waals surface area contributed by atoms with Crippen molar-refractivity contribution in [3.8, 4) is 0 Å². The molecule has 15 N–H and O–H groups in total. The first kappa shape index (κ1) is 63.3. The quantitative estimate of drug-likeness (QED) is 0.131. The molecule has 2 bridgehead atoms. The van der Waals surface area contributed by atoms with Crippen molar-refractivity contribution in [2.75, 3.05) is 26.7 Å². The van der Waals surface area contributed by atoms with Crippen LogP contribution in [0.25, 0.3) is 0 Å². The van der Waals surface area contributed by atoms with E-state index in [0.717, 1.165) is 0 Å². The van der Waals surface area contributed by atoms with Crippen molar-refractivity contribution >= 4 is 17.8 Å². The van der Waals surface area contributed by atoms with E-state index in [1.807, 2.05) is 25.2 Å². The van der Waals surface area contributed by atoms with Gasteiger partial charge in [-0.15, -0.1) is 0 Å². The molecule has 21 heteroatoms. The van der Waals surface area contributed by atoms with E-state index in [1.165, 1.54) is 6.92 Å². The fourth-order valence-corrected chi connectivity index (χ4v) is 8.84. The number of rotatable bonds is 8. The molecule has 3 heterocycles. The van der Waals surface area contributed by atoms with E-state index in [9.17, 15) is 65.4 Å². The summed E-state index contributed by atoms with van der Waals surface area (Å²) < 4.78 is 23.9. The molecule has 0 aromatic rings. The van der Waals surface area contributed by atoms with E-state index in [0.29, 0.717) is 0 Å². The minimum absolute atomic E-state index is 0.0377. The molecule has 3 rings (SSSR count). The molecule has 2 fully saturated rings. The van der Waals surface area contributed by atoms with Gasteiger partial charge < -0.3 is 91.7 Å². The average molecular weight is 1040 g/mol. The zero-order valence-electron chi connectivity index (χ0n) is 42.7. The molecule has 0 aliphatic carbocycles. The number of carbonyl (C=O) groups is 3. The topological polar surface area (TPSA) is 353 Å². The van der Waals surface area contributed by atoms with Crippen LogP contribution >= 0.6 is 0 Å². The standard InChI is InChI=1S/C52H84N4O17/c1-31-18-16-14-12-10-8-6-7-9-11-13-15-17-19-38(72-51-49(67)46(48(66)34(4)71-51)56-43(63)30-54-5)27-42-45(50(68)55-23-22-53)41(62)29-52(69,73-42)28-37(59)25-40(61)39(60)21-20-35(57)24-36(58)26-44(64)70-33(3)32(2)47(31)65/h6-19,31-42,45-49,51,54,57-62,65-67,69H,20-30,53H2,1-5H3,(H,55,68)(H,56,63)/b7-6+,10-8+,11-9+,14-12+,15-13+,18-16+,19-17+/t31-,32-,33-,34+,35+,36+,37-,38-,39+,40+,41-,42-,45+,46-,47+,48+,49-,51-,52+/m0/s1. The molecule has 19 atom stereocenters. The van der Waals surface area contributed by atoms with Gasteiger partial charge in [0.25, 0.3) is 0 Å². The number of nitrogens with one attached hydrogen (secondary N) is 3. The van der Waals surface area contributed by atoms with E-state index in [4.69, 9.17) is 24.7 Å². The van der Waals surface area contributed by atoms with Gasteiger partial charge in [-0.1, -0.05) is 98.9 Å². The van der Waals surface area contributed by atoms with Crippen molar-refractivity contribution in [2.45, 2.75) is 177 Å². The van der Waals surface area contributed by atoms with Gasteiger partial charge in [-0.2, -0.15) is 0 Å². The van der Waals surface area contributed by atoms with Crippen LogP contribution in [0.4, 0.5) is 0 Å². The second-order valence-corrected chi connectivity index (χ2v) is 19.4. The van der Waals surface area contributed by atoms with Gasteiger partial charge in [0.05, 0.1) is 86.0 Å². The van der Waals surface area contributed by atoms with Crippen molar-refractivity contribution in [3.05, 3.63) is 85.1 Å². The molecule has 0 saturated carbocycles. The molecule has 0 radical (unpaired) electrons. The largest absolute Gasteiger partial charge is 0.462 e. The summed E-state index contributed by atoms with van der Waals surface area (Å²) in [5.74, 6) is -6.31. The Morgan fingerprint density at radius 1 is 0.712 bits per heavy atom. The second-order valence-electron chi connectivity index (χ2n) is 19.4. The molecule has 414 valence electrons. The number of esters is 1. The van der Waals surface area contributed by atoms with Crippen molar-refractivity contribution in [2.24, 2.45) is 23.5 Å². The van der Waals surface area contributed by atoms with Gasteiger partial charge >= 0.3 is 5.97 Å². The van der Waals surface area contributed by atoms with E-state index < -0.39 is 153 Å². The lowest BCUT2D eigenvalue weighted by Gasteiger charge is -2.46. The third kappa shape index (κ3) is 22.0. The van der Waals surface area contributed by atoms with E-state index in [1.54, 1.807) is 87.7 Å². The average Bonchev–Trinajstić information content (AvgIpc) is 3.31. The Labute approximate surface area is 428 Å². The summed E-state index contributed by atoms with van der Waals surface area (Å²) in [5.41, 5.74) is 5.65. The Kier molecular flexibility index (Phi) is 28.1. The van der Waals surface area contributed by atoms with Gasteiger partial charge in [-0.25, -0.2) is 0 Å². The number of carbonyl (C=O) groups excluding carboxylic acids is 3. The van der Waals surface area contributed by atoms with Crippen molar-refractivity contribution in [3.63, 3.8) is 0 Å². The monoisotopic (exact) mass is 1040 g/mol. The maximum Gasteiger partial charge on any atom is 0.308 e. The first-order valence-corrected chi connectivity index (χ1v) is 25.2. The third-order valence-electron chi connectivity index (χ3n) is 13.1. The molecule has 0 aromatic carbocycles. The SMILES string of the molecule is CNCC(=O)N[C@@H]1[C@H](O)[C@H](O[C@H]2/C=C/C=C/C=C/C=C/C=C/C=C/C=C/[C@H](C)[C@@H](O)[C@@H](C)[C@H](C)OC(=O)C[C@H](O)C[C@H](O)CC[C@@H](O)[C@H](O)C[C@H](O)C[C@]3(O)C[C@H](O)[C@@H](C(=O)NCCN)[C@H](C2)O3)O[C@H](C)[C@H]1O. The highest BCUT2D eigenvalue weighted by Gasteiger charge is 2.51. The lowest BCUT2D eigenvalue weighted by atomic mass is 9.82. The first-order valence-electron chi connectivity index (χ1n) is 25.2. The van der Waals surface area contributed by atoms with Crippen LogP contribution in [0.1, 0.15) is 79.1 Å². The maximum absolute atomic E-state index is 13.6. The normalized spacial score (nSPS) is 41.7. The predicted molar refractivity (Wildman–Crippen MR) is 269 cm³/mol. The van der Waals surface area contributed by atoms with Crippen molar-refractivity contribution < 1.29 is 84.4 Å². The molecule has 21 nitrogen and oxygen atoms in total. The molecular formula is C52H84N4O17. The lowest BCUT2D eigenvalue weighted by molar-refractivity contribution is -0.307. The van der Waals surface area contributed by atoms with Gasteiger partial charge in [0.15, 0.2) is 12.1 Å². The number of aliphatic hydroxyl groups is 10. The van der Waals surface area contributed by atoms with Crippen LogP contribution in [0.3, 0.4) is 0 Å². The third-order valence-corrected chi connectivity index (χ3v) is 13.1. The van der Waals surface area contributed by atoms with Crippen LogP contribution in [0.5, 0.6) is 0 Å². The number of nitrogens with two attached hydrogens (primary N) is 1. The molecule has 2 amide bonds. The summed E-state index contributed by atoms with van der Waals surface area (Å²) in [6.45, 7) is 6.73. The maximum atomic E-state index is 13.6. The second kappa shape index (κ2) is 32.4. The number of fused-ring (bicyclic) bond motifs is 2. The molecule has 0 spiro atoms. The van der Waals surface area contributed by atoms with Gasteiger partial charge in [0.1, 0.15) is 18.3 Å².